The van der Waals surface area contributed by atoms with Gasteiger partial charge in [-0.15, -0.1) is 0 Å². The molecule has 1 N–H and O–H groups in total. The molecule has 0 radical (unpaired) electrons. The van der Waals surface area contributed by atoms with E-state index in [0.717, 1.165) is 5.56 Å². The fourth-order valence-electron chi connectivity index (χ4n) is 3.92. The van der Waals surface area contributed by atoms with Crippen LogP contribution in [0.3, 0.4) is 0 Å². The fraction of sp³-hybridized carbons (Fsp3) is 0.435. The molecule has 1 amide bonds. The van der Waals surface area contributed by atoms with Gasteiger partial charge in [0.25, 0.3) is 0 Å². The summed E-state index contributed by atoms with van der Waals surface area (Å²) in [5, 5.41) is 3.50. The molecule has 3 rings (SSSR count). The number of benzene rings is 2. The first-order valence-corrected chi connectivity index (χ1v) is 12.5. The highest BCUT2D eigenvalue weighted by atomic mass is 35.5. The molecule has 2 atom stereocenters. The normalized spacial score (nSPS) is 18.1. The number of nitrogens with one attached hydrogen (secondary N) is 1. The van der Waals surface area contributed by atoms with Crippen LogP contribution in [0.15, 0.2) is 42.5 Å². The third kappa shape index (κ3) is 5.94. The average Bonchev–Trinajstić information content (AvgIpc) is 2.78. The van der Waals surface area contributed by atoms with Crippen LogP contribution in [-0.2, 0) is 20.6 Å². The van der Waals surface area contributed by atoms with Crippen molar-refractivity contribution in [2.75, 3.05) is 27.3 Å². The highest BCUT2D eigenvalue weighted by Gasteiger charge is 2.33. The standard InChI is InChI=1S/C23H29ClN2O5S/c1-16(21-13-20(30-2)9-10-22(21)31-3)25-23(27)18-7-5-11-26(14-18)32(28,29)15-17-6-4-8-19(24)12-17/h4,6,8-10,12-13,16,18H,5,7,11,14-15H2,1-3H3,(H,25,27). The summed E-state index contributed by atoms with van der Waals surface area (Å²) in [6.07, 6.45) is 1.26. The lowest BCUT2D eigenvalue weighted by molar-refractivity contribution is -0.126. The molecular formula is C23H29ClN2O5S. The van der Waals surface area contributed by atoms with Gasteiger partial charge in [0.2, 0.25) is 15.9 Å². The Morgan fingerprint density at radius 3 is 2.69 bits per heavy atom. The minimum absolute atomic E-state index is 0.140. The van der Waals surface area contributed by atoms with Gasteiger partial charge in [-0.3, -0.25) is 4.79 Å². The first-order chi connectivity index (χ1) is 15.2. The van der Waals surface area contributed by atoms with E-state index in [9.17, 15) is 13.2 Å². The Balaban J connectivity index is 1.68. The van der Waals surface area contributed by atoms with Crippen molar-refractivity contribution in [1.82, 2.24) is 9.62 Å². The minimum atomic E-state index is -3.56. The van der Waals surface area contributed by atoms with Crippen LogP contribution < -0.4 is 14.8 Å². The largest absolute Gasteiger partial charge is 0.497 e. The van der Waals surface area contributed by atoms with Gasteiger partial charge < -0.3 is 14.8 Å². The lowest BCUT2D eigenvalue weighted by atomic mass is 9.97. The fourth-order valence-corrected chi connectivity index (χ4v) is 5.74. The van der Waals surface area contributed by atoms with Crippen LogP contribution in [-0.4, -0.2) is 45.9 Å². The molecule has 2 aromatic rings. The summed E-state index contributed by atoms with van der Waals surface area (Å²) in [4.78, 5) is 13.0. The molecule has 0 aromatic heterocycles. The Hall–Kier alpha value is -2.29. The number of nitrogens with zero attached hydrogens (tertiary/aromatic N) is 1. The highest BCUT2D eigenvalue weighted by molar-refractivity contribution is 7.88. The first-order valence-electron chi connectivity index (χ1n) is 10.5. The summed E-state index contributed by atoms with van der Waals surface area (Å²) in [5.41, 5.74) is 1.42. The molecule has 0 spiro atoms. The smallest absolute Gasteiger partial charge is 0.224 e. The lowest BCUT2D eigenvalue weighted by Gasteiger charge is -2.32. The number of rotatable bonds is 8. The van der Waals surface area contributed by atoms with Crippen molar-refractivity contribution < 1.29 is 22.7 Å². The van der Waals surface area contributed by atoms with Crippen LogP contribution in [0.2, 0.25) is 5.02 Å². The molecule has 174 valence electrons. The molecule has 2 aromatic carbocycles. The Kier molecular flexibility index (Phi) is 8.03. The zero-order valence-corrected chi connectivity index (χ0v) is 20.1. The minimum Gasteiger partial charge on any atom is -0.497 e. The number of halogens is 1. The highest BCUT2D eigenvalue weighted by Crippen LogP contribution is 2.30. The molecule has 0 aliphatic carbocycles. The molecule has 9 heteroatoms. The zero-order valence-electron chi connectivity index (χ0n) is 18.5. The van der Waals surface area contributed by atoms with E-state index in [0.29, 0.717) is 41.5 Å². The van der Waals surface area contributed by atoms with E-state index in [1.807, 2.05) is 13.0 Å². The van der Waals surface area contributed by atoms with E-state index in [4.69, 9.17) is 21.1 Å². The lowest BCUT2D eigenvalue weighted by Crippen LogP contribution is -2.46. The van der Waals surface area contributed by atoms with Gasteiger partial charge in [-0.2, -0.15) is 0 Å². The molecule has 0 saturated carbocycles. The monoisotopic (exact) mass is 480 g/mol. The Bertz CT molecular complexity index is 1060. The SMILES string of the molecule is COc1ccc(OC)c(C(C)NC(=O)C2CCCN(S(=O)(=O)Cc3cccc(Cl)c3)C2)c1. The number of methoxy groups -OCH3 is 2. The number of sulfonamides is 1. The molecule has 2 unspecified atom stereocenters. The van der Waals surface area contributed by atoms with Crippen LogP contribution in [0, 0.1) is 5.92 Å². The summed E-state index contributed by atoms with van der Waals surface area (Å²) in [5.74, 6) is 0.576. The molecule has 0 bridgehead atoms. The maximum atomic E-state index is 13.0. The zero-order chi connectivity index (χ0) is 23.3. The number of amides is 1. The van der Waals surface area contributed by atoms with Crippen molar-refractivity contribution in [3.05, 3.63) is 58.6 Å². The van der Waals surface area contributed by atoms with E-state index >= 15 is 0 Å². The van der Waals surface area contributed by atoms with E-state index in [1.54, 1.807) is 50.6 Å². The van der Waals surface area contributed by atoms with Gasteiger partial charge in [0.1, 0.15) is 11.5 Å². The molecule has 1 aliphatic rings. The van der Waals surface area contributed by atoms with Crippen molar-refractivity contribution in [2.45, 2.75) is 31.6 Å². The number of carbonyl (C=O) groups is 1. The predicted octanol–water partition coefficient (Wildman–Crippen LogP) is 3.78. The van der Waals surface area contributed by atoms with Gasteiger partial charge in [0.05, 0.1) is 31.9 Å². The van der Waals surface area contributed by atoms with Crippen LogP contribution in [0.25, 0.3) is 0 Å². The topological polar surface area (TPSA) is 84.9 Å². The van der Waals surface area contributed by atoms with Gasteiger partial charge >= 0.3 is 0 Å². The van der Waals surface area contributed by atoms with Crippen molar-refractivity contribution in [1.29, 1.82) is 0 Å². The van der Waals surface area contributed by atoms with E-state index in [2.05, 4.69) is 5.32 Å². The van der Waals surface area contributed by atoms with Gasteiger partial charge in [-0.1, -0.05) is 23.7 Å². The van der Waals surface area contributed by atoms with Crippen LogP contribution in [0.1, 0.15) is 36.9 Å². The number of hydrogen-bond acceptors (Lipinski definition) is 5. The third-order valence-electron chi connectivity index (χ3n) is 5.65. The van der Waals surface area contributed by atoms with Gasteiger partial charge in [-0.25, -0.2) is 12.7 Å². The maximum absolute atomic E-state index is 13.0. The molecule has 7 nitrogen and oxygen atoms in total. The van der Waals surface area contributed by atoms with Crippen LogP contribution >= 0.6 is 11.6 Å². The molecular weight excluding hydrogens is 452 g/mol. The van der Waals surface area contributed by atoms with Crippen molar-refractivity contribution in [2.24, 2.45) is 5.92 Å². The first kappa shape index (κ1) is 24.4. The van der Waals surface area contributed by atoms with Crippen molar-refractivity contribution in [3.63, 3.8) is 0 Å². The van der Waals surface area contributed by atoms with Gasteiger partial charge in [0.15, 0.2) is 0 Å². The molecule has 1 fully saturated rings. The Morgan fingerprint density at radius 1 is 1.22 bits per heavy atom. The Morgan fingerprint density at radius 2 is 2.00 bits per heavy atom. The second-order valence-electron chi connectivity index (χ2n) is 7.92. The van der Waals surface area contributed by atoms with E-state index in [-0.39, 0.29) is 24.2 Å². The summed E-state index contributed by atoms with van der Waals surface area (Å²) in [7, 11) is -0.410. The van der Waals surface area contributed by atoms with Crippen molar-refractivity contribution >= 4 is 27.5 Å². The summed E-state index contributed by atoms with van der Waals surface area (Å²) in [6, 6.07) is 11.9. The van der Waals surface area contributed by atoms with E-state index in [1.165, 1.54) is 4.31 Å². The summed E-state index contributed by atoms with van der Waals surface area (Å²) >= 11 is 5.99. The van der Waals surface area contributed by atoms with E-state index < -0.39 is 15.9 Å². The second-order valence-corrected chi connectivity index (χ2v) is 10.3. The Labute approximate surface area is 194 Å². The van der Waals surface area contributed by atoms with Gasteiger partial charge in [0, 0.05) is 23.7 Å². The summed E-state index contributed by atoms with van der Waals surface area (Å²) in [6.45, 7) is 2.44. The number of piperidine rings is 1. The van der Waals surface area contributed by atoms with Crippen LogP contribution in [0.5, 0.6) is 11.5 Å². The number of carbonyl (C=O) groups excluding carboxylic acids is 1. The molecule has 1 aliphatic heterocycles. The molecule has 32 heavy (non-hydrogen) atoms. The maximum Gasteiger partial charge on any atom is 0.224 e. The summed E-state index contributed by atoms with van der Waals surface area (Å²) < 4.78 is 38.0. The van der Waals surface area contributed by atoms with Crippen molar-refractivity contribution in [3.8, 4) is 11.5 Å². The number of ether oxygens (including phenoxy) is 2. The molecule has 1 saturated heterocycles. The van der Waals surface area contributed by atoms with Crippen LogP contribution in [0.4, 0.5) is 0 Å². The predicted molar refractivity (Wildman–Crippen MR) is 124 cm³/mol. The van der Waals surface area contributed by atoms with Gasteiger partial charge in [-0.05, 0) is 55.7 Å². The molecule has 1 heterocycles. The average molecular weight is 481 g/mol. The second kappa shape index (κ2) is 10.6. The third-order valence-corrected chi connectivity index (χ3v) is 7.70. The number of hydrogen-bond donors (Lipinski definition) is 1. The quantitative estimate of drug-likeness (QED) is 0.621.